The quantitative estimate of drug-likeness (QED) is 0.875. The first-order valence-electron chi connectivity index (χ1n) is 7.90. The molecule has 0 saturated carbocycles. The van der Waals surface area contributed by atoms with E-state index in [0.717, 1.165) is 38.6 Å². The normalized spacial score (nSPS) is 23.4. The first-order chi connectivity index (χ1) is 10.0. The smallest absolute Gasteiger partial charge is 0.310 e. The van der Waals surface area contributed by atoms with Gasteiger partial charge in [-0.25, -0.2) is 0 Å². The van der Waals surface area contributed by atoms with E-state index < -0.39 is 11.4 Å². The van der Waals surface area contributed by atoms with Gasteiger partial charge in [0.25, 0.3) is 0 Å². The first kappa shape index (κ1) is 16.0. The molecule has 1 aliphatic heterocycles. The number of carboxylic acids is 1. The fraction of sp³-hybridized carbons (Fsp3) is 0.647. The number of aryl methyl sites for hydroxylation is 1. The van der Waals surface area contributed by atoms with Gasteiger partial charge < -0.3 is 5.11 Å². The Kier molecular flexibility index (Phi) is 5.34. The maximum atomic E-state index is 11.9. The minimum Gasteiger partial charge on any atom is -0.481 e. The van der Waals surface area contributed by atoms with Gasteiger partial charge in [0.1, 0.15) is 0 Å². The Labute approximate surface area is 127 Å². The van der Waals surface area contributed by atoms with Crippen molar-refractivity contribution < 1.29 is 9.90 Å². The molecule has 0 bridgehead atoms. The topological polar surface area (TPSA) is 53.4 Å². The predicted octanol–water partition coefficient (Wildman–Crippen LogP) is 2.98. The summed E-state index contributed by atoms with van der Waals surface area (Å²) in [6.07, 6.45) is 7.99. The standard InChI is InChI=1S/C17H26N2O2/c1-14(2)19-12-4-9-17(13-19,16(20)21)8-3-5-15-6-10-18-11-7-15/h6-7,10-11,14H,3-5,8-9,12-13H2,1-2H3,(H,20,21)/t17-/m0/s1. The summed E-state index contributed by atoms with van der Waals surface area (Å²) in [5.41, 5.74) is 0.678. The first-order valence-corrected chi connectivity index (χ1v) is 7.90. The molecule has 0 aliphatic carbocycles. The Hall–Kier alpha value is -1.42. The molecule has 1 saturated heterocycles. The van der Waals surface area contributed by atoms with Crippen LogP contribution in [-0.4, -0.2) is 40.1 Å². The third-order valence-electron chi connectivity index (χ3n) is 4.66. The van der Waals surface area contributed by atoms with Gasteiger partial charge in [-0.1, -0.05) is 0 Å². The molecule has 1 aromatic rings. The van der Waals surface area contributed by atoms with Gasteiger partial charge in [0, 0.05) is 25.0 Å². The Morgan fingerprint density at radius 3 is 2.76 bits per heavy atom. The number of nitrogens with zero attached hydrogens (tertiary/aromatic N) is 2. The molecular formula is C17H26N2O2. The SMILES string of the molecule is CC(C)N1CCC[C@](CCCc2ccncc2)(C(=O)O)C1. The van der Waals surface area contributed by atoms with Gasteiger partial charge in [-0.2, -0.15) is 0 Å². The number of aromatic nitrogens is 1. The molecule has 0 spiro atoms. The van der Waals surface area contributed by atoms with Crippen molar-refractivity contribution in [3.05, 3.63) is 30.1 Å². The van der Waals surface area contributed by atoms with Gasteiger partial charge in [-0.15, -0.1) is 0 Å². The van der Waals surface area contributed by atoms with Crippen molar-refractivity contribution in [1.29, 1.82) is 0 Å². The summed E-state index contributed by atoms with van der Waals surface area (Å²) in [4.78, 5) is 18.2. The van der Waals surface area contributed by atoms with E-state index in [1.165, 1.54) is 5.56 Å². The maximum absolute atomic E-state index is 11.9. The van der Waals surface area contributed by atoms with Crippen LogP contribution in [0.25, 0.3) is 0 Å². The predicted molar refractivity (Wildman–Crippen MR) is 83.2 cm³/mol. The lowest BCUT2D eigenvalue weighted by molar-refractivity contribution is -0.153. The van der Waals surface area contributed by atoms with Crippen molar-refractivity contribution in [1.82, 2.24) is 9.88 Å². The zero-order valence-corrected chi connectivity index (χ0v) is 13.1. The lowest BCUT2D eigenvalue weighted by Gasteiger charge is -2.42. The minimum absolute atomic E-state index is 0.421. The molecule has 1 aromatic heterocycles. The average molecular weight is 290 g/mol. The fourth-order valence-electron chi connectivity index (χ4n) is 3.27. The second-order valence-electron chi connectivity index (χ2n) is 6.46. The molecule has 4 heteroatoms. The van der Waals surface area contributed by atoms with Crippen LogP contribution in [0.3, 0.4) is 0 Å². The van der Waals surface area contributed by atoms with Gasteiger partial charge in [-0.3, -0.25) is 14.7 Å². The van der Waals surface area contributed by atoms with E-state index in [9.17, 15) is 9.90 Å². The molecule has 2 heterocycles. The molecule has 1 atom stereocenters. The third-order valence-corrected chi connectivity index (χ3v) is 4.66. The Morgan fingerprint density at radius 1 is 1.43 bits per heavy atom. The van der Waals surface area contributed by atoms with Crippen molar-refractivity contribution in [2.24, 2.45) is 5.41 Å². The van der Waals surface area contributed by atoms with Crippen LogP contribution < -0.4 is 0 Å². The highest BCUT2D eigenvalue weighted by molar-refractivity contribution is 5.75. The Morgan fingerprint density at radius 2 is 2.14 bits per heavy atom. The summed E-state index contributed by atoms with van der Waals surface area (Å²) >= 11 is 0. The molecule has 1 aliphatic rings. The van der Waals surface area contributed by atoms with E-state index >= 15 is 0 Å². The van der Waals surface area contributed by atoms with Crippen molar-refractivity contribution in [2.75, 3.05) is 13.1 Å². The average Bonchev–Trinajstić information content (AvgIpc) is 2.48. The summed E-state index contributed by atoms with van der Waals surface area (Å²) in [6, 6.07) is 4.44. The van der Waals surface area contributed by atoms with Crippen molar-refractivity contribution >= 4 is 5.97 Å². The molecule has 0 amide bonds. The Bertz CT molecular complexity index is 461. The Balaban J connectivity index is 1.97. The monoisotopic (exact) mass is 290 g/mol. The molecule has 0 aromatic carbocycles. The molecule has 2 rings (SSSR count). The molecule has 1 N–H and O–H groups in total. The number of likely N-dealkylation sites (tertiary alicyclic amines) is 1. The van der Waals surface area contributed by atoms with E-state index in [1.807, 2.05) is 12.1 Å². The van der Waals surface area contributed by atoms with Crippen LogP contribution in [0.4, 0.5) is 0 Å². The highest BCUT2D eigenvalue weighted by atomic mass is 16.4. The summed E-state index contributed by atoms with van der Waals surface area (Å²) in [7, 11) is 0. The van der Waals surface area contributed by atoms with Crippen LogP contribution in [-0.2, 0) is 11.2 Å². The zero-order chi connectivity index (χ0) is 15.3. The number of carboxylic acid groups (broad SMARTS) is 1. The zero-order valence-electron chi connectivity index (χ0n) is 13.1. The third kappa shape index (κ3) is 4.03. The molecule has 21 heavy (non-hydrogen) atoms. The molecule has 116 valence electrons. The highest BCUT2D eigenvalue weighted by Crippen LogP contribution is 2.36. The van der Waals surface area contributed by atoms with Gasteiger partial charge in [0.15, 0.2) is 0 Å². The van der Waals surface area contributed by atoms with Crippen LogP contribution in [0, 0.1) is 5.41 Å². The van der Waals surface area contributed by atoms with Crippen LogP contribution in [0.1, 0.15) is 45.1 Å². The second kappa shape index (κ2) is 7.03. The highest BCUT2D eigenvalue weighted by Gasteiger charge is 2.42. The van der Waals surface area contributed by atoms with Crippen LogP contribution >= 0.6 is 0 Å². The van der Waals surface area contributed by atoms with E-state index in [1.54, 1.807) is 12.4 Å². The summed E-state index contributed by atoms with van der Waals surface area (Å²) in [5, 5.41) is 9.75. The van der Waals surface area contributed by atoms with E-state index in [4.69, 9.17) is 0 Å². The van der Waals surface area contributed by atoms with Gasteiger partial charge in [-0.05, 0) is 70.2 Å². The molecule has 4 nitrogen and oxygen atoms in total. The number of rotatable bonds is 6. The maximum Gasteiger partial charge on any atom is 0.310 e. The van der Waals surface area contributed by atoms with E-state index in [-0.39, 0.29) is 0 Å². The van der Waals surface area contributed by atoms with Gasteiger partial charge >= 0.3 is 5.97 Å². The van der Waals surface area contributed by atoms with Crippen molar-refractivity contribution in [3.8, 4) is 0 Å². The fourth-order valence-corrected chi connectivity index (χ4v) is 3.27. The number of hydrogen-bond acceptors (Lipinski definition) is 3. The largest absolute Gasteiger partial charge is 0.481 e. The van der Waals surface area contributed by atoms with Crippen LogP contribution in [0.15, 0.2) is 24.5 Å². The lowest BCUT2D eigenvalue weighted by Crippen LogP contribution is -2.50. The number of hydrogen-bond donors (Lipinski definition) is 1. The van der Waals surface area contributed by atoms with E-state index in [0.29, 0.717) is 12.6 Å². The van der Waals surface area contributed by atoms with Gasteiger partial charge in [0.05, 0.1) is 5.41 Å². The number of piperidine rings is 1. The summed E-state index contributed by atoms with van der Waals surface area (Å²) in [6.45, 7) is 6.01. The molecule has 1 fully saturated rings. The number of carbonyl (C=O) groups is 1. The van der Waals surface area contributed by atoms with Crippen molar-refractivity contribution in [3.63, 3.8) is 0 Å². The molecule has 0 unspecified atom stereocenters. The summed E-state index contributed by atoms with van der Waals surface area (Å²) < 4.78 is 0. The van der Waals surface area contributed by atoms with Gasteiger partial charge in [0.2, 0.25) is 0 Å². The van der Waals surface area contributed by atoms with E-state index in [2.05, 4.69) is 23.7 Å². The molecule has 0 radical (unpaired) electrons. The lowest BCUT2D eigenvalue weighted by atomic mass is 9.75. The second-order valence-corrected chi connectivity index (χ2v) is 6.46. The summed E-state index contributed by atoms with van der Waals surface area (Å²) in [5.74, 6) is -0.623. The number of aliphatic carboxylic acids is 1. The van der Waals surface area contributed by atoms with Crippen LogP contribution in [0.2, 0.25) is 0 Å². The minimum atomic E-state index is -0.623. The van der Waals surface area contributed by atoms with Crippen LogP contribution in [0.5, 0.6) is 0 Å². The van der Waals surface area contributed by atoms with Crippen molar-refractivity contribution in [2.45, 2.75) is 52.0 Å². The number of pyridine rings is 1. The molecular weight excluding hydrogens is 264 g/mol.